The second-order valence-corrected chi connectivity index (χ2v) is 7.42. The largest absolute Gasteiger partial charge is 0.298 e. The van der Waals surface area contributed by atoms with Crippen molar-refractivity contribution in [3.8, 4) is 0 Å². The Morgan fingerprint density at radius 2 is 2.22 bits per heavy atom. The lowest BCUT2D eigenvalue weighted by molar-refractivity contribution is 0.204. The summed E-state index contributed by atoms with van der Waals surface area (Å²) in [5.74, 6) is 0. The summed E-state index contributed by atoms with van der Waals surface area (Å²) in [7, 11) is 2.24. The third-order valence-corrected chi connectivity index (χ3v) is 5.53. The van der Waals surface area contributed by atoms with Gasteiger partial charge in [-0.2, -0.15) is 0 Å². The van der Waals surface area contributed by atoms with E-state index >= 15 is 0 Å². The van der Waals surface area contributed by atoms with Crippen molar-refractivity contribution in [2.75, 3.05) is 20.1 Å². The van der Waals surface area contributed by atoms with Gasteiger partial charge in [0.2, 0.25) is 0 Å². The molecule has 0 aliphatic carbocycles. The molecule has 0 spiro atoms. The number of hydrogen-bond donors (Lipinski definition) is 0. The predicted molar refractivity (Wildman–Crippen MR) is 95.5 cm³/mol. The molecule has 124 valence electrons. The highest BCUT2D eigenvalue weighted by Gasteiger charge is 2.21. The van der Waals surface area contributed by atoms with Crippen LogP contribution in [0.25, 0.3) is 0 Å². The molecule has 1 aliphatic heterocycles. The van der Waals surface area contributed by atoms with Gasteiger partial charge in [-0.15, -0.1) is 11.3 Å². The van der Waals surface area contributed by atoms with Crippen molar-refractivity contribution in [2.45, 2.75) is 45.3 Å². The molecule has 0 N–H and O–H groups in total. The maximum Gasteiger partial charge on any atom is 0.107 e. The monoisotopic (exact) mass is 330 g/mol. The molecule has 1 unspecified atom stereocenters. The van der Waals surface area contributed by atoms with E-state index in [-0.39, 0.29) is 0 Å². The highest BCUT2D eigenvalue weighted by molar-refractivity contribution is 7.09. The lowest BCUT2D eigenvalue weighted by Gasteiger charge is -2.27. The van der Waals surface area contributed by atoms with Gasteiger partial charge in [0.25, 0.3) is 0 Å². The van der Waals surface area contributed by atoms with E-state index in [1.165, 1.54) is 30.8 Å². The van der Waals surface area contributed by atoms with Crippen LogP contribution in [0.1, 0.15) is 35.7 Å². The zero-order valence-electron chi connectivity index (χ0n) is 14.1. The molecule has 0 bridgehead atoms. The Hall–Kier alpha value is -1.30. The molecule has 23 heavy (non-hydrogen) atoms. The van der Waals surface area contributed by atoms with Crippen LogP contribution in [0.4, 0.5) is 0 Å². The van der Waals surface area contributed by atoms with Gasteiger partial charge in [-0.1, -0.05) is 6.07 Å². The summed E-state index contributed by atoms with van der Waals surface area (Å²) >= 11 is 1.79. The Morgan fingerprint density at radius 3 is 2.96 bits per heavy atom. The first-order chi connectivity index (χ1) is 11.2. The van der Waals surface area contributed by atoms with Crippen molar-refractivity contribution >= 4 is 11.3 Å². The fourth-order valence-electron chi connectivity index (χ4n) is 3.28. The average molecular weight is 331 g/mol. The highest BCUT2D eigenvalue weighted by Crippen LogP contribution is 2.20. The van der Waals surface area contributed by atoms with Crippen LogP contribution in [0.2, 0.25) is 0 Å². The van der Waals surface area contributed by atoms with Gasteiger partial charge in [0.05, 0.1) is 12.2 Å². The van der Waals surface area contributed by atoms with E-state index in [0.29, 0.717) is 6.04 Å². The summed E-state index contributed by atoms with van der Waals surface area (Å²) in [6.45, 7) is 6.37. The quantitative estimate of drug-likeness (QED) is 0.842. The minimum Gasteiger partial charge on any atom is -0.298 e. The fourth-order valence-corrected chi connectivity index (χ4v) is 4.09. The number of nitrogens with zero attached hydrogens (tertiary/aromatic N) is 4. The molecule has 1 aliphatic rings. The normalized spacial score (nSPS) is 19.9. The third kappa shape index (κ3) is 4.83. The van der Waals surface area contributed by atoms with Gasteiger partial charge in [0.1, 0.15) is 5.01 Å². The molecule has 0 aromatic carbocycles. The molecule has 2 aromatic rings. The standard InChI is InChI=1S/C18H26N4S/c1-15-14-23-18(20-15)13-22-10-5-7-17(8-11-22)21(2)12-16-6-3-4-9-19-16/h3-4,6,9,14,17H,5,7-8,10-13H2,1-2H3. The Balaban J connectivity index is 1.51. The predicted octanol–water partition coefficient (Wildman–Crippen LogP) is 3.33. The van der Waals surface area contributed by atoms with Crippen molar-refractivity contribution < 1.29 is 0 Å². The number of rotatable bonds is 5. The molecule has 2 aromatic heterocycles. The maximum atomic E-state index is 4.60. The molecular formula is C18H26N4S. The topological polar surface area (TPSA) is 32.3 Å². The van der Waals surface area contributed by atoms with E-state index in [0.717, 1.165) is 31.0 Å². The summed E-state index contributed by atoms with van der Waals surface area (Å²) in [5, 5.41) is 3.40. The molecule has 3 rings (SSSR count). The van der Waals surface area contributed by atoms with Gasteiger partial charge >= 0.3 is 0 Å². The van der Waals surface area contributed by atoms with E-state index < -0.39 is 0 Å². The molecule has 0 radical (unpaired) electrons. The van der Waals surface area contributed by atoms with Crippen LogP contribution in [-0.2, 0) is 13.1 Å². The van der Waals surface area contributed by atoms with Crippen molar-refractivity contribution in [2.24, 2.45) is 0 Å². The van der Waals surface area contributed by atoms with Crippen LogP contribution >= 0.6 is 11.3 Å². The third-order valence-electron chi connectivity index (χ3n) is 4.58. The SMILES string of the molecule is Cc1csc(CN2CCCC(N(C)Cc3ccccn3)CC2)n1. The number of thiazole rings is 1. The minimum absolute atomic E-state index is 0.653. The zero-order chi connectivity index (χ0) is 16.1. The van der Waals surface area contributed by atoms with E-state index in [4.69, 9.17) is 0 Å². The van der Waals surface area contributed by atoms with Gasteiger partial charge in [-0.25, -0.2) is 4.98 Å². The van der Waals surface area contributed by atoms with Crippen LogP contribution < -0.4 is 0 Å². The summed E-state index contributed by atoms with van der Waals surface area (Å²) in [6, 6.07) is 6.82. The van der Waals surface area contributed by atoms with Crippen LogP contribution in [0.15, 0.2) is 29.8 Å². The zero-order valence-corrected chi connectivity index (χ0v) is 14.9. The molecule has 0 amide bonds. The highest BCUT2D eigenvalue weighted by atomic mass is 32.1. The molecular weight excluding hydrogens is 304 g/mol. The summed E-state index contributed by atoms with van der Waals surface area (Å²) in [6.07, 6.45) is 5.65. The summed E-state index contributed by atoms with van der Waals surface area (Å²) < 4.78 is 0. The molecule has 1 saturated heterocycles. The van der Waals surface area contributed by atoms with Crippen molar-refractivity contribution in [3.05, 3.63) is 46.2 Å². The lowest BCUT2D eigenvalue weighted by atomic mass is 10.1. The van der Waals surface area contributed by atoms with Gasteiger partial charge in [0.15, 0.2) is 0 Å². The van der Waals surface area contributed by atoms with Crippen LogP contribution in [0, 0.1) is 6.92 Å². The Kier molecular flexibility index (Phi) is 5.75. The van der Waals surface area contributed by atoms with Gasteiger partial charge < -0.3 is 0 Å². The Bertz CT molecular complexity index is 598. The van der Waals surface area contributed by atoms with Crippen LogP contribution in [0.3, 0.4) is 0 Å². The van der Waals surface area contributed by atoms with E-state index in [1.54, 1.807) is 11.3 Å². The summed E-state index contributed by atoms with van der Waals surface area (Å²) in [4.78, 5) is 14.1. The smallest absolute Gasteiger partial charge is 0.107 e. The second kappa shape index (κ2) is 7.99. The number of aryl methyl sites for hydroxylation is 1. The maximum absolute atomic E-state index is 4.60. The van der Waals surface area contributed by atoms with Crippen LogP contribution in [0.5, 0.6) is 0 Å². The first-order valence-electron chi connectivity index (χ1n) is 8.44. The van der Waals surface area contributed by atoms with Gasteiger partial charge in [0, 0.05) is 36.4 Å². The van der Waals surface area contributed by atoms with E-state index in [9.17, 15) is 0 Å². The van der Waals surface area contributed by atoms with E-state index in [2.05, 4.69) is 51.3 Å². The minimum atomic E-state index is 0.653. The number of likely N-dealkylation sites (tertiary alicyclic amines) is 1. The number of aromatic nitrogens is 2. The van der Waals surface area contributed by atoms with E-state index in [1.807, 2.05) is 12.3 Å². The number of hydrogen-bond acceptors (Lipinski definition) is 5. The van der Waals surface area contributed by atoms with Crippen molar-refractivity contribution in [1.82, 2.24) is 19.8 Å². The Morgan fingerprint density at radius 1 is 1.30 bits per heavy atom. The molecule has 4 nitrogen and oxygen atoms in total. The number of pyridine rings is 1. The van der Waals surface area contributed by atoms with Gasteiger partial charge in [-0.3, -0.25) is 14.8 Å². The molecule has 1 atom stereocenters. The first-order valence-corrected chi connectivity index (χ1v) is 9.32. The lowest BCUT2D eigenvalue weighted by Crippen LogP contribution is -2.32. The van der Waals surface area contributed by atoms with Crippen molar-refractivity contribution in [3.63, 3.8) is 0 Å². The second-order valence-electron chi connectivity index (χ2n) is 6.48. The fraction of sp³-hybridized carbons (Fsp3) is 0.556. The van der Waals surface area contributed by atoms with Crippen molar-refractivity contribution in [1.29, 1.82) is 0 Å². The molecule has 1 fully saturated rings. The summed E-state index contributed by atoms with van der Waals surface area (Å²) in [5.41, 5.74) is 2.31. The molecule has 0 saturated carbocycles. The molecule has 3 heterocycles. The first kappa shape index (κ1) is 16.6. The Labute approximate surface area is 143 Å². The average Bonchev–Trinajstić information content (AvgIpc) is 2.82. The van der Waals surface area contributed by atoms with Gasteiger partial charge in [-0.05, 0) is 51.9 Å². The van der Waals surface area contributed by atoms with Crippen LogP contribution in [-0.4, -0.2) is 45.9 Å². The molecule has 5 heteroatoms.